The van der Waals surface area contributed by atoms with E-state index < -0.39 is 0 Å². The highest BCUT2D eigenvalue weighted by molar-refractivity contribution is 5.74. The number of nitrogens with one attached hydrogen (secondary N) is 2. The van der Waals surface area contributed by atoms with Crippen LogP contribution in [0.1, 0.15) is 31.0 Å². The summed E-state index contributed by atoms with van der Waals surface area (Å²) < 4.78 is 5.02. The second-order valence-corrected chi connectivity index (χ2v) is 6.95. The third kappa shape index (κ3) is 5.32. The van der Waals surface area contributed by atoms with Crippen molar-refractivity contribution in [1.29, 1.82) is 0 Å². The van der Waals surface area contributed by atoms with Gasteiger partial charge in [-0.25, -0.2) is 9.78 Å². The van der Waals surface area contributed by atoms with Gasteiger partial charge in [0.25, 0.3) is 0 Å². The summed E-state index contributed by atoms with van der Waals surface area (Å²) in [7, 11) is 3.94. The molecule has 0 aliphatic carbocycles. The number of aromatic nitrogens is 3. The number of nitrogens with zero attached hydrogens (tertiary/aromatic N) is 5. The standard InChI is InChI=1S/C18H27N7O2/c1-13-21-17(27-23-13)12-20-18(26)25-9-4-5-14(8-10-25)22-15-6-7-16(19-11-15)24(2)3/h6-7,11,14,22H,4-5,8-10,12H2,1-3H3,(H,20,26)/t14-/m1/s1. The third-order valence-electron chi connectivity index (χ3n) is 4.55. The van der Waals surface area contributed by atoms with Crippen LogP contribution in [0.5, 0.6) is 0 Å². The van der Waals surface area contributed by atoms with E-state index in [0.29, 0.717) is 24.3 Å². The van der Waals surface area contributed by atoms with Gasteiger partial charge in [0.15, 0.2) is 5.82 Å². The first kappa shape index (κ1) is 18.9. The molecule has 3 rings (SSSR count). The molecule has 2 N–H and O–H groups in total. The number of urea groups is 1. The molecule has 1 atom stereocenters. The monoisotopic (exact) mass is 373 g/mol. The molecule has 0 aromatic carbocycles. The summed E-state index contributed by atoms with van der Waals surface area (Å²) in [6.45, 7) is 3.45. The zero-order valence-corrected chi connectivity index (χ0v) is 16.1. The molecule has 0 spiro atoms. The van der Waals surface area contributed by atoms with E-state index in [1.54, 1.807) is 6.92 Å². The highest BCUT2D eigenvalue weighted by atomic mass is 16.5. The first-order chi connectivity index (χ1) is 13.0. The van der Waals surface area contributed by atoms with Gasteiger partial charge in [-0.2, -0.15) is 4.98 Å². The van der Waals surface area contributed by atoms with Gasteiger partial charge >= 0.3 is 6.03 Å². The minimum Gasteiger partial charge on any atom is -0.381 e. The molecule has 0 bridgehead atoms. The summed E-state index contributed by atoms with van der Waals surface area (Å²) in [6, 6.07) is 4.28. The van der Waals surface area contributed by atoms with E-state index in [0.717, 1.165) is 37.3 Å². The fourth-order valence-corrected chi connectivity index (χ4v) is 3.09. The van der Waals surface area contributed by atoms with E-state index >= 15 is 0 Å². The lowest BCUT2D eigenvalue weighted by molar-refractivity contribution is 0.197. The molecule has 9 heteroatoms. The fraction of sp³-hybridized carbons (Fsp3) is 0.556. The summed E-state index contributed by atoms with van der Waals surface area (Å²) in [5.41, 5.74) is 1.01. The van der Waals surface area contributed by atoms with E-state index in [9.17, 15) is 4.79 Å². The number of hydrogen-bond donors (Lipinski definition) is 2. The van der Waals surface area contributed by atoms with Crippen molar-refractivity contribution in [3.63, 3.8) is 0 Å². The van der Waals surface area contributed by atoms with Gasteiger partial charge in [-0.1, -0.05) is 5.16 Å². The lowest BCUT2D eigenvalue weighted by Crippen LogP contribution is -2.40. The first-order valence-corrected chi connectivity index (χ1v) is 9.23. The van der Waals surface area contributed by atoms with Crippen LogP contribution in [-0.4, -0.2) is 59.3 Å². The SMILES string of the molecule is Cc1noc(CNC(=O)N2CCC[C@@H](Nc3ccc(N(C)C)nc3)CC2)n1. The van der Waals surface area contributed by atoms with Crippen molar-refractivity contribution >= 4 is 17.5 Å². The van der Waals surface area contributed by atoms with Crippen molar-refractivity contribution < 1.29 is 9.32 Å². The zero-order chi connectivity index (χ0) is 19.2. The number of likely N-dealkylation sites (tertiary alicyclic amines) is 1. The molecule has 0 unspecified atom stereocenters. The molecule has 2 aromatic rings. The first-order valence-electron chi connectivity index (χ1n) is 9.23. The lowest BCUT2D eigenvalue weighted by atomic mass is 10.1. The third-order valence-corrected chi connectivity index (χ3v) is 4.55. The van der Waals surface area contributed by atoms with E-state index in [-0.39, 0.29) is 12.6 Å². The van der Waals surface area contributed by atoms with Gasteiger partial charge in [-0.05, 0) is 38.3 Å². The summed E-state index contributed by atoms with van der Waals surface area (Å²) in [4.78, 5) is 24.7. The Kier molecular flexibility index (Phi) is 6.10. The van der Waals surface area contributed by atoms with Gasteiger partial charge in [0.2, 0.25) is 5.89 Å². The summed E-state index contributed by atoms with van der Waals surface area (Å²) in [5, 5.41) is 10.1. The van der Waals surface area contributed by atoms with Crippen molar-refractivity contribution in [2.45, 2.75) is 38.8 Å². The summed E-state index contributed by atoms with van der Waals surface area (Å²) in [5.74, 6) is 1.92. The van der Waals surface area contributed by atoms with Crippen molar-refractivity contribution in [3.8, 4) is 0 Å². The van der Waals surface area contributed by atoms with Crippen molar-refractivity contribution in [1.82, 2.24) is 25.3 Å². The van der Waals surface area contributed by atoms with Crippen molar-refractivity contribution in [3.05, 3.63) is 30.0 Å². The molecule has 0 saturated carbocycles. The molecule has 9 nitrogen and oxygen atoms in total. The number of carbonyl (C=O) groups is 1. The normalized spacial score (nSPS) is 17.3. The molecule has 27 heavy (non-hydrogen) atoms. The largest absolute Gasteiger partial charge is 0.381 e. The molecule has 146 valence electrons. The molecule has 1 aliphatic heterocycles. The number of hydrogen-bond acceptors (Lipinski definition) is 7. The smallest absolute Gasteiger partial charge is 0.317 e. The Labute approximate surface area is 159 Å². The number of carbonyl (C=O) groups excluding carboxylic acids is 1. The molecule has 1 saturated heterocycles. The maximum atomic E-state index is 12.4. The molecule has 0 radical (unpaired) electrons. The second-order valence-electron chi connectivity index (χ2n) is 6.95. The fourth-order valence-electron chi connectivity index (χ4n) is 3.09. The Balaban J connectivity index is 1.47. The van der Waals surface area contributed by atoms with Crippen LogP contribution >= 0.6 is 0 Å². The Morgan fingerprint density at radius 3 is 2.85 bits per heavy atom. The molecular weight excluding hydrogens is 346 g/mol. The van der Waals surface area contributed by atoms with Gasteiger partial charge < -0.3 is 25.0 Å². The molecular formula is C18H27N7O2. The molecule has 2 aromatic heterocycles. The van der Waals surface area contributed by atoms with E-state index in [1.807, 2.05) is 42.2 Å². The lowest BCUT2D eigenvalue weighted by Gasteiger charge is -2.21. The average Bonchev–Trinajstić information content (AvgIpc) is 2.93. The number of amides is 2. The summed E-state index contributed by atoms with van der Waals surface area (Å²) >= 11 is 0. The maximum absolute atomic E-state index is 12.4. The van der Waals surface area contributed by atoms with Crippen LogP contribution in [0.25, 0.3) is 0 Å². The predicted molar refractivity (Wildman–Crippen MR) is 103 cm³/mol. The Bertz CT molecular complexity index is 744. The minimum atomic E-state index is -0.0940. The number of anilines is 2. The van der Waals surface area contributed by atoms with Gasteiger partial charge in [0, 0.05) is 33.2 Å². The molecule has 1 aliphatic rings. The zero-order valence-electron chi connectivity index (χ0n) is 16.1. The van der Waals surface area contributed by atoms with Crippen LogP contribution in [0.15, 0.2) is 22.9 Å². The van der Waals surface area contributed by atoms with Crippen molar-refractivity contribution in [2.75, 3.05) is 37.4 Å². The average molecular weight is 373 g/mol. The highest BCUT2D eigenvalue weighted by Crippen LogP contribution is 2.18. The molecule has 1 fully saturated rings. The molecule has 3 heterocycles. The summed E-state index contributed by atoms with van der Waals surface area (Å²) in [6.07, 6.45) is 4.72. The van der Waals surface area contributed by atoms with Crippen LogP contribution in [0.2, 0.25) is 0 Å². The Morgan fingerprint density at radius 1 is 1.33 bits per heavy atom. The van der Waals surface area contributed by atoms with E-state index in [2.05, 4.69) is 25.8 Å². The second kappa shape index (κ2) is 8.70. The van der Waals surface area contributed by atoms with Crippen LogP contribution in [0, 0.1) is 6.92 Å². The van der Waals surface area contributed by atoms with Crippen molar-refractivity contribution in [2.24, 2.45) is 0 Å². The van der Waals surface area contributed by atoms with Crippen LogP contribution < -0.4 is 15.5 Å². The minimum absolute atomic E-state index is 0.0940. The number of pyridine rings is 1. The van der Waals surface area contributed by atoms with E-state index in [4.69, 9.17) is 4.52 Å². The Morgan fingerprint density at radius 2 is 2.19 bits per heavy atom. The van der Waals surface area contributed by atoms with Crippen LogP contribution in [0.4, 0.5) is 16.3 Å². The number of aryl methyl sites for hydroxylation is 1. The predicted octanol–water partition coefficient (Wildman–Crippen LogP) is 2.02. The number of rotatable bonds is 5. The van der Waals surface area contributed by atoms with Crippen LogP contribution in [-0.2, 0) is 6.54 Å². The van der Waals surface area contributed by atoms with E-state index in [1.165, 1.54) is 0 Å². The highest BCUT2D eigenvalue weighted by Gasteiger charge is 2.21. The van der Waals surface area contributed by atoms with Gasteiger partial charge in [-0.3, -0.25) is 0 Å². The maximum Gasteiger partial charge on any atom is 0.317 e. The van der Waals surface area contributed by atoms with Gasteiger partial charge in [0.05, 0.1) is 18.4 Å². The topological polar surface area (TPSA) is 99.4 Å². The van der Waals surface area contributed by atoms with Gasteiger partial charge in [0.1, 0.15) is 5.82 Å². The van der Waals surface area contributed by atoms with Gasteiger partial charge in [-0.15, -0.1) is 0 Å². The van der Waals surface area contributed by atoms with Crippen LogP contribution in [0.3, 0.4) is 0 Å². The Hall–Kier alpha value is -2.84. The quantitative estimate of drug-likeness (QED) is 0.827. The molecule has 2 amide bonds.